The molecule has 1 unspecified atom stereocenters. The molecule has 3 aromatic rings. The van der Waals surface area contributed by atoms with Crippen molar-refractivity contribution < 1.29 is 13.6 Å². The van der Waals surface area contributed by atoms with Crippen LogP contribution < -0.4 is 0 Å². The molecule has 0 aliphatic carbocycles. The van der Waals surface area contributed by atoms with Crippen LogP contribution >= 0.6 is 0 Å². The molecule has 0 bridgehead atoms. The number of amides is 1. The summed E-state index contributed by atoms with van der Waals surface area (Å²) in [5.41, 5.74) is 2.73. The van der Waals surface area contributed by atoms with E-state index in [1.807, 2.05) is 24.3 Å². The van der Waals surface area contributed by atoms with Crippen molar-refractivity contribution in [3.8, 4) is 0 Å². The van der Waals surface area contributed by atoms with Gasteiger partial charge < -0.3 is 4.90 Å². The van der Waals surface area contributed by atoms with E-state index in [0.29, 0.717) is 18.5 Å². The van der Waals surface area contributed by atoms with Gasteiger partial charge in [0, 0.05) is 17.7 Å². The summed E-state index contributed by atoms with van der Waals surface area (Å²) in [6.07, 6.45) is 0.683. The third-order valence-corrected chi connectivity index (χ3v) is 4.82. The Bertz CT molecular complexity index is 970. The van der Waals surface area contributed by atoms with Gasteiger partial charge in [-0.3, -0.25) is 4.79 Å². The standard InChI is InChI=1S/C22H17F2NO/c23-17-8-5-7-16(14-17)22(26)25-13-12-15-6-1-2-9-18(15)21(25)19-10-3-4-11-20(19)24/h1-11,14,21H,12-13H2. The molecule has 3 aromatic carbocycles. The van der Waals surface area contributed by atoms with Crippen LogP contribution in [0.15, 0.2) is 72.8 Å². The van der Waals surface area contributed by atoms with Crippen LogP contribution in [0.5, 0.6) is 0 Å². The van der Waals surface area contributed by atoms with Gasteiger partial charge in [-0.15, -0.1) is 0 Å². The van der Waals surface area contributed by atoms with E-state index in [-0.39, 0.29) is 17.3 Å². The first-order valence-electron chi connectivity index (χ1n) is 8.54. The summed E-state index contributed by atoms with van der Waals surface area (Å²) in [5.74, 6) is -1.12. The Morgan fingerprint density at radius 3 is 2.38 bits per heavy atom. The first-order valence-corrected chi connectivity index (χ1v) is 8.54. The van der Waals surface area contributed by atoms with Crippen molar-refractivity contribution in [3.05, 3.63) is 107 Å². The number of fused-ring (bicyclic) bond motifs is 1. The monoisotopic (exact) mass is 349 g/mol. The highest BCUT2D eigenvalue weighted by Gasteiger charge is 2.33. The Kier molecular flexibility index (Phi) is 4.25. The van der Waals surface area contributed by atoms with E-state index in [0.717, 1.165) is 11.1 Å². The average molecular weight is 349 g/mol. The highest BCUT2D eigenvalue weighted by atomic mass is 19.1. The van der Waals surface area contributed by atoms with Crippen LogP contribution in [0.1, 0.15) is 33.1 Å². The smallest absolute Gasteiger partial charge is 0.254 e. The number of benzene rings is 3. The van der Waals surface area contributed by atoms with E-state index in [4.69, 9.17) is 0 Å². The quantitative estimate of drug-likeness (QED) is 0.654. The van der Waals surface area contributed by atoms with Crippen LogP contribution in [0.2, 0.25) is 0 Å². The highest BCUT2D eigenvalue weighted by Crippen LogP contribution is 2.37. The summed E-state index contributed by atoms with van der Waals surface area (Å²) < 4.78 is 28.2. The molecule has 2 nitrogen and oxygen atoms in total. The molecule has 1 aliphatic rings. The molecule has 0 radical (unpaired) electrons. The van der Waals surface area contributed by atoms with Crippen LogP contribution in [-0.4, -0.2) is 17.4 Å². The molecular formula is C22H17F2NO. The molecule has 0 fully saturated rings. The summed E-state index contributed by atoms with van der Waals surface area (Å²) in [6, 6.07) is 19.4. The van der Waals surface area contributed by atoms with Gasteiger partial charge in [-0.2, -0.15) is 0 Å². The normalized spacial score (nSPS) is 16.2. The van der Waals surface area contributed by atoms with Gasteiger partial charge in [0.05, 0.1) is 6.04 Å². The third kappa shape index (κ3) is 2.88. The molecule has 0 saturated carbocycles. The minimum absolute atomic E-state index is 0.269. The van der Waals surface area contributed by atoms with Crippen molar-refractivity contribution >= 4 is 5.91 Å². The zero-order valence-electron chi connectivity index (χ0n) is 14.0. The van der Waals surface area contributed by atoms with Crippen molar-refractivity contribution in [3.63, 3.8) is 0 Å². The minimum Gasteiger partial charge on any atom is -0.327 e. The van der Waals surface area contributed by atoms with E-state index in [1.54, 1.807) is 29.2 Å². The lowest BCUT2D eigenvalue weighted by Crippen LogP contribution is -2.41. The van der Waals surface area contributed by atoms with Crippen molar-refractivity contribution in [2.45, 2.75) is 12.5 Å². The van der Waals surface area contributed by atoms with Gasteiger partial charge in [-0.1, -0.05) is 48.5 Å². The van der Waals surface area contributed by atoms with Crippen molar-refractivity contribution in [1.82, 2.24) is 4.90 Å². The summed E-state index contributed by atoms with van der Waals surface area (Å²) >= 11 is 0. The summed E-state index contributed by atoms with van der Waals surface area (Å²) in [5, 5.41) is 0. The topological polar surface area (TPSA) is 20.3 Å². The Morgan fingerprint density at radius 2 is 1.62 bits per heavy atom. The van der Waals surface area contributed by atoms with E-state index in [9.17, 15) is 13.6 Å². The number of carbonyl (C=O) groups excluding carboxylic acids is 1. The molecule has 0 spiro atoms. The summed E-state index contributed by atoms with van der Waals surface area (Å²) in [7, 11) is 0. The molecule has 1 atom stereocenters. The number of carbonyl (C=O) groups is 1. The predicted octanol–water partition coefficient (Wildman–Crippen LogP) is 4.75. The molecule has 4 rings (SSSR count). The number of halogens is 2. The molecule has 130 valence electrons. The second-order valence-corrected chi connectivity index (χ2v) is 6.38. The molecule has 1 aliphatic heterocycles. The van der Waals surface area contributed by atoms with Gasteiger partial charge >= 0.3 is 0 Å². The Labute approximate surface area is 150 Å². The fourth-order valence-corrected chi connectivity index (χ4v) is 3.60. The number of rotatable bonds is 2. The summed E-state index contributed by atoms with van der Waals surface area (Å²) in [4.78, 5) is 14.7. The molecule has 4 heteroatoms. The second kappa shape index (κ2) is 6.71. The Hall–Kier alpha value is -3.01. The molecule has 0 N–H and O–H groups in total. The molecule has 0 aromatic heterocycles. The van der Waals surface area contributed by atoms with Gasteiger partial charge in [0.2, 0.25) is 0 Å². The zero-order chi connectivity index (χ0) is 18.1. The van der Waals surface area contributed by atoms with Crippen molar-refractivity contribution in [1.29, 1.82) is 0 Å². The minimum atomic E-state index is -0.531. The zero-order valence-corrected chi connectivity index (χ0v) is 14.0. The van der Waals surface area contributed by atoms with Crippen molar-refractivity contribution in [2.75, 3.05) is 6.54 Å². The number of nitrogens with zero attached hydrogens (tertiary/aromatic N) is 1. The van der Waals surface area contributed by atoms with Crippen LogP contribution in [-0.2, 0) is 6.42 Å². The Morgan fingerprint density at radius 1 is 0.885 bits per heavy atom. The molecule has 26 heavy (non-hydrogen) atoms. The van der Waals surface area contributed by atoms with Crippen LogP contribution in [0.25, 0.3) is 0 Å². The molecular weight excluding hydrogens is 332 g/mol. The van der Waals surface area contributed by atoms with Gasteiger partial charge in [-0.25, -0.2) is 8.78 Å². The third-order valence-electron chi connectivity index (χ3n) is 4.82. The van der Waals surface area contributed by atoms with Crippen LogP contribution in [0.3, 0.4) is 0 Å². The maximum atomic E-state index is 14.6. The lowest BCUT2D eigenvalue weighted by molar-refractivity contribution is 0.0691. The highest BCUT2D eigenvalue weighted by molar-refractivity contribution is 5.95. The summed E-state index contributed by atoms with van der Waals surface area (Å²) in [6.45, 7) is 0.450. The fourth-order valence-electron chi connectivity index (χ4n) is 3.60. The van der Waals surface area contributed by atoms with E-state index < -0.39 is 11.9 Å². The largest absolute Gasteiger partial charge is 0.327 e. The van der Waals surface area contributed by atoms with Crippen LogP contribution in [0, 0.1) is 11.6 Å². The molecule has 1 amide bonds. The van der Waals surface area contributed by atoms with Crippen LogP contribution in [0.4, 0.5) is 8.78 Å². The van der Waals surface area contributed by atoms with E-state index in [2.05, 4.69) is 0 Å². The first kappa shape index (κ1) is 16.5. The maximum Gasteiger partial charge on any atom is 0.254 e. The van der Waals surface area contributed by atoms with Gasteiger partial charge in [0.25, 0.3) is 5.91 Å². The average Bonchev–Trinajstić information content (AvgIpc) is 2.67. The number of hydrogen-bond donors (Lipinski definition) is 0. The lowest BCUT2D eigenvalue weighted by Gasteiger charge is -2.38. The predicted molar refractivity (Wildman–Crippen MR) is 95.8 cm³/mol. The SMILES string of the molecule is O=C(c1cccc(F)c1)N1CCc2ccccc2C1c1ccccc1F. The first-order chi connectivity index (χ1) is 12.6. The molecule has 1 heterocycles. The van der Waals surface area contributed by atoms with E-state index >= 15 is 0 Å². The van der Waals surface area contributed by atoms with Gasteiger partial charge in [0.1, 0.15) is 11.6 Å². The fraction of sp³-hybridized carbons (Fsp3) is 0.136. The maximum absolute atomic E-state index is 14.6. The second-order valence-electron chi connectivity index (χ2n) is 6.38. The lowest BCUT2D eigenvalue weighted by atomic mass is 9.87. The van der Waals surface area contributed by atoms with E-state index in [1.165, 1.54) is 24.3 Å². The van der Waals surface area contributed by atoms with Gasteiger partial charge in [0.15, 0.2) is 0 Å². The van der Waals surface area contributed by atoms with Gasteiger partial charge in [-0.05, 0) is 41.8 Å². The number of hydrogen-bond acceptors (Lipinski definition) is 1. The van der Waals surface area contributed by atoms with Crippen molar-refractivity contribution in [2.24, 2.45) is 0 Å². The Balaban J connectivity index is 1.83. The molecule has 0 saturated heterocycles.